The zero-order chi connectivity index (χ0) is 23.7. The molecule has 1 aromatic carbocycles. The van der Waals surface area contributed by atoms with Gasteiger partial charge in [0.2, 0.25) is 5.91 Å². The number of H-pyrrole nitrogens is 1. The highest BCUT2D eigenvalue weighted by molar-refractivity contribution is 5.81. The molecule has 4 rings (SSSR count). The number of fused-ring (bicyclic) bond motifs is 2. The summed E-state index contributed by atoms with van der Waals surface area (Å²) in [4.78, 5) is 39.3. The van der Waals surface area contributed by atoms with E-state index >= 15 is 0 Å². The fourth-order valence-corrected chi connectivity index (χ4v) is 4.30. The summed E-state index contributed by atoms with van der Waals surface area (Å²) in [5.41, 5.74) is 4.47. The number of pyridine rings is 1. The van der Waals surface area contributed by atoms with Gasteiger partial charge in [-0.15, -0.1) is 0 Å². The van der Waals surface area contributed by atoms with Crippen LogP contribution in [0.2, 0.25) is 0 Å². The van der Waals surface area contributed by atoms with Gasteiger partial charge in [-0.2, -0.15) is 5.10 Å². The molecular weight excluding hydrogens is 416 g/mol. The molecule has 8 nitrogen and oxygen atoms in total. The second-order valence-corrected chi connectivity index (χ2v) is 8.66. The monoisotopic (exact) mass is 446 g/mol. The van der Waals surface area contributed by atoms with Crippen LogP contribution in [0.3, 0.4) is 0 Å². The van der Waals surface area contributed by atoms with Gasteiger partial charge < -0.3 is 9.88 Å². The Bertz CT molecular complexity index is 1390. The molecule has 172 valence electrons. The van der Waals surface area contributed by atoms with Crippen LogP contribution in [-0.4, -0.2) is 42.1 Å². The first-order chi connectivity index (χ1) is 15.8. The van der Waals surface area contributed by atoms with Crippen molar-refractivity contribution in [1.82, 2.24) is 29.6 Å². The number of hydrogen-bond donors (Lipinski definition) is 1. The number of hydrogen-bond acceptors (Lipinski definition) is 5. The third-order valence-electron chi connectivity index (χ3n) is 6.15. The van der Waals surface area contributed by atoms with Crippen LogP contribution in [-0.2, 0) is 17.8 Å². The molecule has 0 spiro atoms. The van der Waals surface area contributed by atoms with E-state index in [1.807, 2.05) is 42.9 Å². The van der Waals surface area contributed by atoms with E-state index in [0.29, 0.717) is 36.1 Å². The number of aromatic amines is 1. The highest BCUT2D eigenvalue weighted by Gasteiger charge is 2.18. The Kier molecular flexibility index (Phi) is 6.26. The summed E-state index contributed by atoms with van der Waals surface area (Å²) in [5, 5.41) is 6.07. The highest BCUT2D eigenvalue weighted by Crippen LogP contribution is 2.25. The Morgan fingerprint density at radius 3 is 2.64 bits per heavy atom. The van der Waals surface area contributed by atoms with Crippen molar-refractivity contribution in [2.75, 3.05) is 6.54 Å². The molecule has 3 aromatic heterocycles. The molecule has 0 saturated heterocycles. The largest absolute Gasteiger partial charge is 0.335 e. The molecule has 0 unspecified atom stereocenters. The van der Waals surface area contributed by atoms with Crippen molar-refractivity contribution in [2.45, 2.75) is 60.0 Å². The minimum absolute atomic E-state index is 0.0186. The average molecular weight is 447 g/mol. The Hall–Kier alpha value is -3.55. The lowest BCUT2D eigenvalue weighted by molar-refractivity contribution is -0.131. The van der Waals surface area contributed by atoms with E-state index in [4.69, 9.17) is 4.98 Å². The van der Waals surface area contributed by atoms with Crippen LogP contribution in [0.25, 0.3) is 21.9 Å². The third kappa shape index (κ3) is 4.37. The van der Waals surface area contributed by atoms with Gasteiger partial charge >= 0.3 is 0 Å². The van der Waals surface area contributed by atoms with Crippen molar-refractivity contribution < 1.29 is 4.79 Å². The SMILES string of the molecule is CCN(Cc1nc2ccccc2c(=O)[nH]1)C(=O)CCc1c(C)nc2c(cnn2C(C)C)c1C. The molecule has 0 aliphatic heterocycles. The van der Waals surface area contributed by atoms with Crippen molar-refractivity contribution in [3.8, 4) is 0 Å². The molecule has 0 bridgehead atoms. The number of nitrogens with zero attached hydrogens (tertiary/aromatic N) is 5. The van der Waals surface area contributed by atoms with Crippen LogP contribution in [0.5, 0.6) is 0 Å². The van der Waals surface area contributed by atoms with Crippen LogP contribution in [0.15, 0.2) is 35.3 Å². The lowest BCUT2D eigenvalue weighted by Crippen LogP contribution is -2.32. The number of carbonyl (C=O) groups excluding carboxylic acids is 1. The number of carbonyl (C=O) groups is 1. The zero-order valence-corrected chi connectivity index (χ0v) is 19.8. The van der Waals surface area contributed by atoms with Gasteiger partial charge in [0, 0.05) is 30.1 Å². The van der Waals surface area contributed by atoms with Gasteiger partial charge in [-0.3, -0.25) is 9.59 Å². The van der Waals surface area contributed by atoms with Crippen LogP contribution in [0, 0.1) is 13.8 Å². The second kappa shape index (κ2) is 9.13. The van der Waals surface area contributed by atoms with Crippen LogP contribution >= 0.6 is 0 Å². The number of rotatable bonds is 7. The van der Waals surface area contributed by atoms with Crippen LogP contribution in [0.4, 0.5) is 0 Å². The fraction of sp³-hybridized carbons (Fsp3) is 0.400. The fourth-order valence-electron chi connectivity index (χ4n) is 4.30. The Morgan fingerprint density at radius 1 is 1.15 bits per heavy atom. The van der Waals surface area contributed by atoms with E-state index in [2.05, 4.69) is 35.8 Å². The maximum absolute atomic E-state index is 13.0. The van der Waals surface area contributed by atoms with Crippen molar-refractivity contribution in [3.63, 3.8) is 0 Å². The normalized spacial score (nSPS) is 11.6. The predicted octanol–water partition coefficient (Wildman–Crippen LogP) is 3.85. The summed E-state index contributed by atoms with van der Waals surface area (Å²) < 4.78 is 1.93. The maximum Gasteiger partial charge on any atom is 0.258 e. The lowest BCUT2D eigenvalue weighted by Gasteiger charge is -2.21. The molecular formula is C25H30N6O2. The Balaban J connectivity index is 1.52. The zero-order valence-electron chi connectivity index (χ0n) is 19.8. The quantitative estimate of drug-likeness (QED) is 0.465. The number of amides is 1. The first-order valence-electron chi connectivity index (χ1n) is 11.4. The number of para-hydroxylation sites is 1. The lowest BCUT2D eigenvalue weighted by atomic mass is 10.00. The van der Waals surface area contributed by atoms with E-state index in [-0.39, 0.29) is 24.1 Å². The molecule has 0 saturated carbocycles. The second-order valence-electron chi connectivity index (χ2n) is 8.66. The summed E-state index contributed by atoms with van der Waals surface area (Å²) in [7, 11) is 0. The van der Waals surface area contributed by atoms with E-state index in [9.17, 15) is 9.59 Å². The van der Waals surface area contributed by atoms with Crippen molar-refractivity contribution in [3.05, 3.63) is 63.5 Å². The maximum atomic E-state index is 13.0. The van der Waals surface area contributed by atoms with Gasteiger partial charge in [0.1, 0.15) is 5.82 Å². The molecule has 3 heterocycles. The van der Waals surface area contributed by atoms with Gasteiger partial charge in [0.15, 0.2) is 5.65 Å². The first kappa shape index (κ1) is 22.6. The van der Waals surface area contributed by atoms with Gasteiger partial charge in [0.25, 0.3) is 5.56 Å². The molecule has 0 fully saturated rings. The molecule has 8 heteroatoms. The summed E-state index contributed by atoms with van der Waals surface area (Å²) in [6.07, 6.45) is 2.83. The van der Waals surface area contributed by atoms with Crippen LogP contribution < -0.4 is 5.56 Å². The minimum Gasteiger partial charge on any atom is -0.335 e. The van der Waals surface area contributed by atoms with E-state index in [1.165, 1.54) is 0 Å². The molecule has 33 heavy (non-hydrogen) atoms. The molecule has 1 N–H and O–H groups in total. The molecule has 0 radical (unpaired) electrons. The smallest absolute Gasteiger partial charge is 0.258 e. The summed E-state index contributed by atoms with van der Waals surface area (Å²) >= 11 is 0. The van der Waals surface area contributed by atoms with Gasteiger partial charge in [-0.1, -0.05) is 12.1 Å². The first-order valence-corrected chi connectivity index (χ1v) is 11.4. The standard InChI is InChI=1S/C25H30N6O2/c1-6-30(14-22-28-21-10-8-7-9-19(21)25(33)29-22)23(32)12-11-18-16(4)20-13-26-31(15(2)3)24(20)27-17(18)5/h7-10,13,15H,6,11-12,14H2,1-5H3,(H,28,29,33). The number of aromatic nitrogens is 5. The molecule has 1 amide bonds. The molecule has 4 aromatic rings. The number of aryl methyl sites for hydroxylation is 2. The van der Waals surface area contributed by atoms with Crippen LogP contribution in [0.1, 0.15) is 55.9 Å². The van der Waals surface area contributed by atoms with Gasteiger partial charge in [-0.05, 0) is 64.3 Å². The summed E-state index contributed by atoms with van der Waals surface area (Å²) in [5.74, 6) is 0.510. The number of benzene rings is 1. The molecule has 0 aliphatic carbocycles. The molecule has 0 aliphatic rings. The predicted molar refractivity (Wildman–Crippen MR) is 129 cm³/mol. The van der Waals surface area contributed by atoms with E-state index in [0.717, 1.165) is 27.9 Å². The van der Waals surface area contributed by atoms with Crippen molar-refractivity contribution in [1.29, 1.82) is 0 Å². The number of nitrogens with one attached hydrogen (secondary N) is 1. The van der Waals surface area contributed by atoms with E-state index < -0.39 is 0 Å². The van der Waals surface area contributed by atoms with Gasteiger partial charge in [0.05, 0.1) is 23.6 Å². The molecule has 0 atom stereocenters. The topological polar surface area (TPSA) is 96.8 Å². The highest BCUT2D eigenvalue weighted by atomic mass is 16.2. The Morgan fingerprint density at radius 2 is 1.91 bits per heavy atom. The third-order valence-corrected chi connectivity index (χ3v) is 6.15. The Labute approximate surface area is 192 Å². The van der Waals surface area contributed by atoms with Crippen molar-refractivity contribution in [2.24, 2.45) is 0 Å². The van der Waals surface area contributed by atoms with Gasteiger partial charge in [-0.25, -0.2) is 14.6 Å². The minimum atomic E-state index is -0.188. The van der Waals surface area contributed by atoms with Crippen molar-refractivity contribution >= 4 is 27.8 Å². The summed E-state index contributed by atoms with van der Waals surface area (Å²) in [6.45, 7) is 11.0. The van der Waals surface area contributed by atoms with E-state index in [1.54, 1.807) is 11.0 Å². The average Bonchev–Trinajstić information content (AvgIpc) is 3.21. The summed E-state index contributed by atoms with van der Waals surface area (Å²) in [6, 6.07) is 7.44.